The highest BCUT2D eigenvalue weighted by Crippen LogP contribution is 2.43. The fraction of sp³-hybridized carbons (Fsp3) is 0.543. The van der Waals surface area contributed by atoms with Crippen molar-refractivity contribution in [1.29, 1.82) is 0 Å². The number of carbonyl (C=O) groups excluding carboxylic acids is 1. The van der Waals surface area contributed by atoms with Gasteiger partial charge in [-0.05, 0) is 74.3 Å². The van der Waals surface area contributed by atoms with Crippen LogP contribution in [0.5, 0.6) is 0 Å². The van der Waals surface area contributed by atoms with Crippen LogP contribution in [-0.2, 0) is 19.4 Å². The monoisotopic (exact) mass is 677 g/mol. The second-order valence-electron chi connectivity index (χ2n) is 13.6. The summed E-state index contributed by atoms with van der Waals surface area (Å²) in [6.07, 6.45) is 8.05. The van der Waals surface area contributed by atoms with E-state index < -0.39 is 22.1 Å². The Morgan fingerprint density at radius 1 is 1.02 bits per heavy atom. The number of pyridine rings is 1. The van der Waals surface area contributed by atoms with E-state index in [0.29, 0.717) is 50.2 Å². The van der Waals surface area contributed by atoms with E-state index in [4.69, 9.17) is 9.72 Å². The topological polar surface area (TPSA) is 121 Å². The van der Waals surface area contributed by atoms with Gasteiger partial charge in [-0.2, -0.15) is 4.98 Å². The van der Waals surface area contributed by atoms with Crippen LogP contribution < -0.4 is 15.1 Å². The van der Waals surface area contributed by atoms with E-state index in [1.807, 2.05) is 29.0 Å². The SMILES string of the molecule is C=CC(=O)N1CCC[C@H]1c1ccc(N2CC([C@@H]3CCC[C@H](C)S3(=O)=O)C2)c2cnc(Nc3ccnc(N4CC[C@@H](OC)[C@@H](F)C4)n3)cc12. The molecule has 7 rings (SSSR count). The number of aromatic nitrogens is 3. The smallest absolute Gasteiger partial charge is 0.246 e. The molecule has 4 fully saturated rings. The number of methoxy groups -OCH3 is 1. The molecular formula is C35H44FN7O4S. The molecule has 1 N–H and O–H groups in total. The van der Waals surface area contributed by atoms with E-state index in [9.17, 15) is 17.6 Å². The molecule has 256 valence electrons. The molecule has 4 saturated heterocycles. The fourth-order valence-electron chi connectivity index (χ4n) is 8.07. The normalized spacial score (nSPS) is 27.6. The van der Waals surface area contributed by atoms with Crippen LogP contribution in [0, 0.1) is 5.92 Å². The summed E-state index contributed by atoms with van der Waals surface area (Å²) in [4.78, 5) is 32.6. The van der Waals surface area contributed by atoms with Crippen molar-refractivity contribution in [3.8, 4) is 0 Å². The molecule has 4 aliphatic rings. The molecule has 5 atom stereocenters. The number of nitrogens with zero attached hydrogens (tertiary/aromatic N) is 6. The Labute approximate surface area is 281 Å². The molecule has 11 nitrogen and oxygen atoms in total. The van der Waals surface area contributed by atoms with Gasteiger partial charge in [0, 0.05) is 62.7 Å². The van der Waals surface area contributed by atoms with Crippen molar-refractivity contribution in [3.63, 3.8) is 0 Å². The zero-order valence-corrected chi connectivity index (χ0v) is 28.4. The molecule has 0 bridgehead atoms. The molecule has 0 radical (unpaired) electrons. The average molecular weight is 678 g/mol. The first-order valence-corrected chi connectivity index (χ1v) is 18.6. The summed E-state index contributed by atoms with van der Waals surface area (Å²) < 4.78 is 46.2. The summed E-state index contributed by atoms with van der Waals surface area (Å²) in [5, 5.41) is 4.69. The third-order valence-electron chi connectivity index (χ3n) is 10.8. The summed E-state index contributed by atoms with van der Waals surface area (Å²) in [5.41, 5.74) is 2.04. The lowest BCUT2D eigenvalue weighted by Crippen LogP contribution is -2.56. The number of carbonyl (C=O) groups is 1. The molecule has 0 saturated carbocycles. The van der Waals surface area contributed by atoms with Crippen molar-refractivity contribution in [2.75, 3.05) is 55.0 Å². The van der Waals surface area contributed by atoms with E-state index in [-0.39, 0.29) is 34.9 Å². The van der Waals surface area contributed by atoms with Gasteiger partial charge < -0.3 is 24.8 Å². The van der Waals surface area contributed by atoms with Gasteiger partial charge in [0.25, 0.3) is 0 Å². The van der Waals surface area contributed by atoms with Crippen LogP contribution >= 0.6 is 0 Å². The number of alkyl halides is 1. The lowest BCUT2D eigenvalue weighted by molar-refractivity contribution is -0.126. The minimum absolute atomic E-state index is 0.0887. The summed E-state index contributed by atoms with van der Waals surface area (Å²) in [5.74, 6) is 1.57. The highest BCUT2D eigenvalue weighted by Gasteiger charge is 2.45. The molecule has 0 unspecified atom stereocenters. The van der Waals surface area contributed by atoms with Gasteiger partial charge in [-0.25, -0.2) is 22.8 Å². The summed E-state index contributed by atoms with van der Waals surface area (Å²) >= 11 is 0. The number of halogens is 1. The Balaban J connectivity index is 1.18. The first kappa shape index (κ1) is 32.7. The van der Waals surface area contributed by atoms with Gasteiger partial charge in [0.15, 0.2) is 9.84 Å². The maximum absolute atomic E-state index is 14.6. The Hall–Kier alpha value is -3.84. The Kier molecular flexibility index (Phi) is 9.01. The number of hydrogen-bond acceptors (Lipinski definition) is 10. The zero-order chi connectivity index (χ0) is 33.6. The van der Waals surface area contributed by atoms with Crippen molar-refractivity contribution < 1.29 is 22.3 Å². The summed E-state index contributed by atoms with van der Waals surface area (Å²) in [6, 6.07) is 7.85. The van der Waals surface area contributed by atoms with Crippen LogP contribution in [-0.4, -0.2) is 96.8 Å². The highest BCUT2D eigenvalue weighted by atomic mass is 32.2. The molecule has 13 heteroatoms. The quantitative estimate of drug-likeness (QED) is 0.327. The third-order valence-corrected chi connectivity index (χ3v) is 13.6. The standard InChI is InChI=1S/C35H44FN7O4S/c1-4-34(44)43-15-6-8-29(43)24-10-11-28(42-19-23(20-42)31-9-5-7-22(2)48(31,45)46)26-18-38-33(17-25(24)26)39-32-12-14-37-35(40-32)41-16-13-30(47-3)27(36)21-41/h4,10-12,14,17-18,22-23,27,29-31H,1,5-9,13,15-16,19-21H2,2-3H3,(H,37,38,39,40)/t22-,27-,29-,30+,31-/m0/s1. The first-order chi connectivity index (χ1) is 23.2. The average Bonchev–Trinajstić information content (AvgIpc) is 3.55. The van der Waals surface area contributed by atoms with E-state index in [1.54, 1.807) is 12.3 Å². The van der Waals surface area contributed by atoms with Crippen molar-refractivity contribution in [1.82, 2.24) is 19.9 Å². The number of amides is 1. The predicted octanol–water partition coefficient (Wildman–Crippen LogP) is 4.97. The second kappa shape index (κ2) is 13.2. The highest BCUT2D eigenvalue weighted by molar-refractivity contribution is 7.92. The Morgan fingerprint density at radius 3 is 2.62 bits per heavy atom. The second-order valence-corrected chi connectivity index (χ2v) is 16.2. The van der Waals surface area contributed by atoms with Crippen LogP contribution in [0.4, 0.5) is 27.7 Å². The van der Waals surface area contributed by atoms with E-state index in [0.717, 1.165) is 54.1 Å². The number of fused-ring (bicyclic) bond motifs is 1. The summed E-state index contributed by atoms with van der Waals surface area (Å²) in [7, 11) is -1.59. The van der Waals surface area contributed by atoms with Crippen LogP contribution in [0.25, 0.3) is 10.8 Å². The first-order valence-electron chi connectivity index (χ1n) is 17.0. The van der Waals surface area contributed by atoms with Crippen LogP contribution in [0.1, 0.15) is 57.1 Å². The largest absolute Gasteiger partial charge is 0.378 e. The van der Waals surface area contributed by atoms with Gasteiger partial charge >= 0.3 is 0 Å². The number of hydrogen-bond donors (Lipinski definition) is 1. The molecular weight excluding hydrogens is 633 g/mol. The Bertz CT molecular complexity index is 1800. The number of benzene rings is 1. The number of ether oxygens (including phenoxy) is 1. The van der Waals surface area contributed by atoms with Crippen LogP contribution in [0.2, 0.25) is 0 Å². The van der Waals surface area contributed by atoms with Crippen molar-refractivity contribution in [2.24, 2.45) is 5.92 Å². The number of likely N-dealkylation sites (tertiary alicyclic amines) is 1. The van der Waals surface area contributed by atoms with Gasteiger partial charge in [0.05, 0.1) is 29.2 Å². The lowest BCUT2D eigenvalue weighted by Gasteiger charge is -2.46. The molecule has 1 amide bonds. The maximum Gasteiger partial charge on any atom is 0.246 e. The number of rotatable bonds is 8. The maximum atomic E-state index is 14.6. The van der Waals surface area contributed by atoms with Crippen LogP contribution in [0.15, 0.2) is 49.3 Å². The van der Waals surface area contributed by atoms with Gasteiger partial charge in [-0.15, -0.1) is 0 Å². The number of sulfone groups is 1. The molecule has 3 aromatic rings. The van der Waals surface area contributed by atoms with Gasteiger partial charge in [-0.1, -0.05) is 19.1 Å². The minimum Gasteiger partial charge on any atom is -0.378 e. The number of nitrogens with one attached hydrogen (secondary N) is 1. The van der Waals surface area contributed by atoms with Gasteiger partial charge in [0.2, 0.25) is 11.9 Å². The lowest BCUT2D eigenvalue weighted by atomic mass is 9.90. The third kappa shape index (κ3) is 5.99. The van der Waals surface area contributed by atoms with E-state index in [2.05, 4.69) is 38.9 Å². The van der Waals surface area contributed by atoms with E-state index >= 15 is 0 Å². The van der Waals surface area contributed by atoms with Gasteiger partial charge in [0.1, 0.15) is 17.8 Å². The van der Waals surface area contributed by atoms with Crippen molar-refractivity contribution >= 4 is 49.8 Å². The predicted molar refractivity (Wildman–Crippen MR) is 185 cm³/mol. The zero-order valence-electron chi connectivity index (χ0n) is 27.6. The molecule has 6 heterocycles. The molecule has 0 spiro atoms. The number of piperidine rings is 1. The Morgan fingerprint density at radius 2 is 1.85 bits per heavy atom. The van der Waals surface area contributed by atoms with Gasteiger partial charge in [-0.3, -0.25) is 4.79 Å². The van der Waals surface area contributed by atoms with Crippen molar-refractivity contribution in [3.05, 3.63) is 54.9 Å². The minimum atomic E-state index is -3.13. The van der Waals surface area contributed by atoms with Crippen LogP contribution in [0.3, 0.4) is 0 Å². The molecule has 2 aromatic heterocycles. The molecule has 4 aliphatic heterocycles. The molecule has 1 aromatic carbocycles. The van der Waals surface area contributed by atoms with E-state index in [1.165, 1.54) is 13.2 Å². The molecule has 48 heavy (non-hydrogen) atoms. The molecule has 0 aliphatic carbocycles. The van der Waals surface area contributed by atoms with Crippen molar-refractivity contribution in [2.45, 2.75) is 74.3 Å². The number of anilines is 4. The summed E-state index contributed by atoms with van der Waals surface area (Å²) in [6.45, 7) is 8.35. The fourth-order valence-corrected chi connectivity index (χ4v) is 10.4.